The number of amides is 1. The van der Waals surface area contributed by atoms with Crippen molar-refractivity contribution in [2.24, 2.45) is 0 Å². The summed E-state index contributed by atoms with van der Waals surface area (Å²) in [5.74, 6) is 0.483. The van der Waals surface area contributed by atoms with E-state index in [-0.39, 0.29) is 23.5 Å². The highest BCUT2D eigenvalue weighted by Crippen LogP contribution is 2.34. The third-order valence-electron chi connectivity index (χ3n) is 5.43. The van der Waals surface area contributed by atoms with Gasteiger partial charge in [0.25, 0.3) is 5.91 Å². The Morgan fingerprint density at radius 2 is 1.90 bits per heavy atom. The fourth-order valence-corrected chi connectivity index (χ4v) is 4.76. The number of benzene rings is 2. The van der Waals surface area contributed by atoms with Crippen molar-refractivity contribution in [2.75, 3.05) is 18.6 Å². The number of carbonyl (C=O) groups is 2. The van der Waals surface area contributed by atoms with Crippen LogP contribution >= 0.6 is 11.8 Å². The van der Waals surface area contributed by atoms with Gasteiger partial charge in [0, 0.05) is 18.0 Å². The molecule has 6 heteroatoms. The lowest BCUT2D eigenvalue weighted by Crippen LogP contribution is -2.35. The molecule has 2 aromatic carbocycles. The first kappa shape index (κ1) is 20.4. The molecule has 154 valence electrons. The number of rotatable bonds is 4. The summed E-state index contributed by atoms with van der Waals surface area (Å²) in [4.78, 5) is 31.4. The molecule has 3 aromatic rings. The smallest absolute Gasteiger partial charge is 0.264 e. The molecule has 1 aliphatic heterocycles. The number of aryl methyl sites for hydroxylation is 3. The van der Waals surface area contributed by atoms with Gasteiger partial charge in [-0.1, -0.05) is 23.4 Å². The maximum Gasteiger partial charge on any atom is 0.264 e. The van der Waals surface area contributed by atoms with Gasteiger partial charge < -0.3 is 9.64 Å². The van der Waals surface area contributed by atoms with E-state index in [4.69, 9.17) is 9.72 Å². The summed E-state index contributed by atoms with van der Waals surface area (Å²) in [7, 11) is 1.70. The second-order valence-corrected chi connectivity index (χ2v) is 9.16. The molecule has 0 fully saturated rings. The fraction of sp³-hybridized carbons (Fsp3) is 0.292. The molecular weight excluding hydrogens is 396 g/mol. The summed E-state index contributed by atoms with van der Waals surface area (Å²) in [5.41, 5.74) is 5.67. The molecule has 1 amide bonds. The zero-order valence-corrected chi connectivity index (χ0v) is 18.6. The number of ketones is 1. The number of pyridine rings is 1. The van der Waals surface area contributed by atoms with Gasteiger partial charge in [-0.3, -0.25) is 9.59 Å². The van der Waals surface area contributed by atoms with Gasteiger partial charge >= 0.3 is 0 Å². The Bertz CT molecular complexity index is 1190. The predicted octanol–water partition coefficient (Wildman–Crippen LogP) is 4.88. The number of thioether (sulfide) groups is 1. The van der Waals surface area contributed by atoms with Gasteiger partial charge in [-0.2, -0.15) is 0 Å². The standard InChI is InChI=1S/C24H24N2O3S/c1-13-8-15(3)23-18(9-13)14(2)10-21(25-23)30-16(4)24(28)17-6-7-20-19(11-17)26(5)22(27)12-29-20/h6-11,16H,12H2,1-5H3. The maximum atomic E-state index is 13.1. The molecule has 1 aliphatic rings. The molecule has 0 saturated carbocycles. The SMILES string of the molecule is Cc1cc(C)c2nc(SC(C)C(=O)c3ccc4c(c3)N(C)C(=O)CO4)cc(C)c2c1. The van der Waals surface area contributed by atoms with Crippen LogP contribution in [0.5, 0.6) is 5.75 Å². The molecular formula is C24H24N2O3S. The Morgan fingerprint density at radius 1 is 1.13 bits per heavy atom. The molecule has 1 aromatic heterocycles. The van der Waals surface area contributed by atoms with Crippen molar-refractivity contribution < 1.29 is 14.3 Å². The molecule has 0 spiro atoms. The van der Waals surface area contributed by atoms with Crippen molar-refractivity contribution in [3.63, 3.8) is 0 Å². The Morgan fingerprint density at radius 3 is 2.67 bits per heavy atom. The quantitative estimate of drug-likeness (QED) is 0.445. The second-order valence-electron chi connectivity index (χ2n) is 7.80. The number of nitrogens with zero attached hydrogens (tertiary/aromatic N) is 2. The molecule has 0 aliphatic carbocycles. The van der Waals surface area contributed by atoms with E-state index in [2.05, 4.69) is 32.9 Å². The number of aromatic nitrogens is 1. The van der Waals surface area contributed by atoms with Gasteiger partial charge in [-0.05, 0) is 69.2 Å². The van der Waals surface area contributed by atoms with Crippen molar-refractivity contribution in [2.45, 2.75) is 38.0 Å². The summed E-state index contributed by atoms with van der Waals surface area (Å²) in [5, 5.41) is 1.67. The zero-order valence-electron chi connectivity index (χ0n) is 17.8. The molecule has 0 N–H and O–H groups in total. The maximum absolute atomic E-state index is 13.1. The zero-order chi connectivity index (χ0) is 21.6. The van der Waals surface area contributed by atoms with E-state index in [0.717, 1.165) is 27.1 Å². The summed E-state index contributed by atoms with van der Waals surface area (Å²) >= 11 is 1.45. The first-order valence-corrected chi connectivity index (χ1v) is 10.8. The predicted molar refractivity (Wildman–Crippen MR) is 121 cm³/mol. The molecule has 0 bridgehead atoms. The minimum atomic E-state index is -0.316. The van der Waals surface area contributed by atoms with E-state index < -0.39 is 0 Å². The van der Waals surface area contributed by atoms with E-state index in [1.54, 1.807) is 25.2 Å². The third kappa shape index (κ3) is 3.67. The molecule has 1 unspecified atom stereocenters. The summed E-state index contributed by atoms with van der Waals surface area (Å²) in [6.45, 7) is 8.15. The van der Waals surface area contributed by atoms with Crippen LogP contribution in [0.15, 0.2) is 41.4 Å². The van der Waals surface area contributed by atoms with Gasteiger partial charge in [0.1, 0.15) is 5.75 Å². The first-order valence-electron chi connectivity index (χ1n) is 9.87. The molecule has 30 heavy (non-hydrogen) atoms. The summed E-state index contributed by atoms with van der Waals surface area (Å²) in [6, 6.07) is 11.6. The number of hydrogen-bond acceptors (Lipinski definition) is 5. The van der Waals surface area contributed by atoms with Crippen LogP contribution in [-0.4, -0.2) is 35.6 Å². The number of hydrogen-bond donors (Lipinski definition) is 0. The van der Waals surface area contributed by atoms with E-state index in [1.165, 1.54) is 22.2 Å². The van der Waals surface area contributed by atoms with Crippen LogP contribution in [0.25, 0.3) is 10.9 Å². The minimum Gasteiger partial charge on any atom is -0.482 e. The molecule has 4 rings (SSSR count). The van der Waals surface area contributed by atoms with Crippen molar-refractivity contribution >= 4 is 40.0 Å². The van der Waals surface area contributed by atoms with Crippen LogP contribution in [0.1, 0.15) is 34.0 Å². The average molecular weight is 421 g/mol. The van der Waals surface area contributed by atoms with Crippen LogP contribution in [0.4, 0.5) is 5.69 Å². The number of anilines is 1. The van der Waals surface area contributed by atoms with Gasteiger partial charge in [0.15, 0.2) is 12.4 Å². The van der Waals surface area contributed by atoms with Crippen LogP contribution in [-0.2, 0) is 4.79 Å². The lowest BCUT2D eigenvalue weighted by molar-refractivity contribution is -0.120. The molecule has 0 radical (unpaired) electrons. The largest absolute Gasteiger partial charge is 0.482 e. The highest BCUT2D eigenvalue weighted by molar-refractivity contribution is 8.00. The number of ether oxygens (including phenoxy) is 1. The Hall–Kier alpha value is -2.86. The molecule has 1 atom stereocenters. The van der Waals surface area contributed by atoms with E-state index >= 15 is 0 Å². The molecule has 2 heterocycles. The van der Waals surface area contributed by atoms with Crippen LogP contribution < -0.4 is 9.64 Å². The highest BCUT2D eigenvalue weighted by atomic mass is 32.2. The fourth-order valence-electron chi connectivity index (χ4n) is 3.77. The van der Waals surface area contributed by atoms with E-state index in [9.17, 15) is 9.59 Å². The second kappa shape index (κ2) is 7.76. The monoisotopic (exact) mass is 420 g/mol. The van der Waals surface area contributed by atoms with Gasteiger partial charge in [-0.25, -0.2) is 4.98 Å². The third-order valence-corrected chi connectivity index (χ3v) is 6.45. The first-order chi connectivity index (χ1) is 14.2. The number of likely N-dealkylation sites (N-methyl/N-ethyl adjacent to an activating group) is 1. The highest BCUT2D eigenvalue weighted by Gasteiger charge is 2.25. The number of fused-ring (bicyclic) bond motifs is 2. The van der Waals surface area contributed by atoms with Gasteiger partial charge in [0.05, 0.1) is 21.5 Å². The van der Waals surface area contributed by atoms with Crippen LogP contribution in [0.2, 0.25) is 0 Å². The van der Waals surface area contributed by atoms with Crippen LogP contribution in [0.3, 0.4) is 0 Å². The Kier molecular flexibility index (Phi) is 5.28. The van der Waals surface area contributed by atoms with Crippen molar-refractivity contribution in [1.29, 1.82) is 0 Å². The summed E-state index contributed by atoms with van der Waals surface area (Å²) in [6.07, 6.45) is 0. The molecule has 0 saturated heterocycles. The van der Waals surface area contributed by atoms with E-state index in [1.807, 2.05) is 13.0 Å². The minimum absolute atomic E-state index is 0.00518. The van der Waals surface area contributed by atoms with Gasteiger partial charge in [0.2, 0.25) is 0 Å². The summed E-state index contributed by atoms with van der Waals surface area (Å²) < 4.78 is 5.45. The normalized spacial score (nSPS) is 14.4. The van der Waals surface area contributed by atoms with Gasteiger partial charge in [-0.15, -0.1) is 0 Å². The van der Waals surface area contributed by atoms with Crippen molar-refractivity contribution in [3.8, 4) is 5.75 Å². The number of Topliss-reactive ketones (excluding diaryl/α,β-unsaturated/α-hetero) is 1. The van der Waals surface area contributed by atoms with Crippen molar-refractivity contribution in [3.05, 3.63) is 58.7 Å². The lowest BCUT2D eigenvalue weighted by atomic mass is 10.0. The average Bonchev–Trinajstić information content (AvgIpc) is 2.71. The Balaban J connectivity index is 1.61. The lowest BCUT2D eigenvalue weighted by Gasteiger charge is -2.26. The van der Waals surface area contributed by atoms with Crippen molar-refractivity contribution in [1.82, 2.24) is 4.98 Å². The van der Waals surface area contributed by atoms with Crippen LogP contribution in [0, 0.1) is 20.8 Å². The topological polar surface area (TPSA) is 59.5 Å². The van der Waals surface area contributed by atoms with E-state index in [0.29, 0.717) is 17.0 Å². The molecule has 5 nitrogen and oxygen atoms in total. The number of carbonyl (C=O) groups excluding carboxylic acids is 2. The Labute approximate surface area is 180 Å².